The number of rotatable bonds is 7. The maximum Gasteiger partial charge on any atom is 0.416 e. The van der Waals surface area contributed by atoms with Crippen LogP contribution in [-0.2, 0) is 11.0 Å². The Morgan fingerprint density at radius 1 is 1.12 bits per heavy atom. The van der Waals surface area contributed by atoms with Gasteiger partial charge in [-0.05, 0) is 78.6 Å². The number of carboxylic acids is 1. The summed E-state index contributed by atoms with van der Waals surface area (Å²) < 4.78 is 39.0. The highest BCUT2D eigenvalue weighted by Crippen LogP contribution is 2.36. The fourth-order valence-corrected chi connectivity index (χ4v) is 4.60. The minimum Gasteiger partial charge on any atom is -0.481 e. The number of piperidine rings is 1. The number of hydrogen-bond donors (Lipinski definition) is 1. The molecule has 1 aliphatic heterocycles. The SMILES string of the molecule is CCN1CCCC(c2cc(-c3ccc(C(F)(F)F)cc3)cc(C(CC(C)C)C(=O)O)c2)C1. The normalized spacial score (nSPS) is 18.7. The van der Waals surface area contributed by atoms with Crippen molar-refractivity contribution in [3.05, 3.63) is 59.2 Å². The predicted molar refractivity (Wildman–Crippen MR) is 121 cm³/mol. The minimum atomic E-state index is -4.39. The Labute approximate surface area is 188 Å². The molecule has 0 amide bonds. The third kappa shape index (κ3) is 5.91. The zero-order chi connectivity index (χ0) is 23.5. The van der Waals surface area contributed by atoms with Crippen LogP contribution in [0, 0.1) is 5.92 Å². The maximum absolute atomic E-state index is 13.0. The van der Waals surface area contributed by atoms with E-state index < -0.39 is 23.6 Å². The summed E-state index contributed by atoms with van der Waals surface area (Å²) in [6.07, 6.45) is -1.78. The number of hydrogen-bond acceptors (Lipinski definition) is 2. The van der Waals surface area contributed by atoms with E-state index in [4.69, 9.17) is 0 Å². The lowest BCUT2D eigenvalue weighted by Gasteiger charge is -2.32. The lowest BCUT2D eigenvalue weighted by atomic mass is 9.83. The van der Waals surface area contributed by atoms with Gasteiger partial charge in [0, 0.05) is 6.54 Å². The zero-order valence-corrected chi connectivity index (χ0v) is 19.0. The molecule has 6 heteroatoms. The molecule has 0 aromatic heterocycles. The van der Waals surface area contributed by atoms with E-state index >= 15 is 0 Å². The fourth-order valence-electron chi connectivity index (χ4n) is 4.60. The van der Waals surface area contributed by atoms with E-state index in [1.54, 1.807) is 0 Å². The average molecular weight is 448 g/mol. The lowest BCUT2D eigenvalue weighted by Crippen LogP contribution is -2.34. The molecule has 0 spiro atoms. The second-order valence-corrected chi connectivity index (χ2v) is 9.22. The van der Waals surface area contributed by atoms with Crippen LogP contribution in [0.1, 0.15) is 68.6 Å². The van der Waals surface area contributed by atoms with Gasteiger partial charge in [-0.25, -0.2) is 0 Å². The molecule has 2 atom stereocenters. The largest absolute Gasteiger partial charge is 0.481 e. The van der Waals surface area contributed by atoms with Gasteiger partial charge in [-0.1, -0.05) is 51.1 Å². The summed E-state index contributed by atoms with van der Waals surface area (Å²) in [5, 5.41) is 9.91. The van der Waals surface area contributed by atoms with Crippen molar-refractivity contribution in [2.24, 2.45) is 5.92 Å². The topological polar surface area (TPSA) is 40.5 Å². The van der Waals surface area contributed by atoms with E-state index in [1.165, 1.54) is 12.1 Å². The highest BCUT2D eigenvalue weighted by molar-refractivity contribution is 5.77. The molecule has 3 nitrogen and oxygen atoms in total. The van der Waals surface area contributed by atoms with Crippen LogP contribution in [-0.4, -0.2) is 35.6 Å². The molecular formula is C26H32F3NO2. The van der Waals surface area contributed by atoms with Crippen LogP contribution in [0.5, 0.6) is 0 Å². The van der Waals surface area contributed by atoms with E-state index in [1.807, 2.05) is 32.0 Å². The van der Waals surface area contributed by atoms with Crippen LogP contribution in [0.3, 0.4) is 0 Å². The number of halogens is 3. The summed E-state index contributed by atoms with van der Waals surface area (Å²) >= 11 is 0. The average Bonchev–Trinajstić information content (AvgIpc) is 2.76. The van der Waals surface area contributed by atoms with Gasteiger partial charge in [-0.3, -0.25) is 4.79 Å². The van der Waals surface area contributed by atoms with Crippen molar-refractivity contribution in [3.63, 3.8) is 0 Å². The Hall–Kier alpha value is -2.34. The number of carboxylic acid groups (broad SMARTS) is 1. The smallest absolute Gasteiger partial charge is 0.416 e. The van der Waals surface area contributed by atoms with Gasteiger partial charge < -0.3 is 10.0 Å². The summed E-state index contributed by atoms with van der Waals surface area (Å²) in [5.74, 6) is -1.02. The number of likely N-dealkylation sites (tertiary alicyclic amines) is 1. The quantitative estimate of drug-likeness (QED) is 0.508. The van der Waals surface area contributed by atoms with Gasteiger partial charge in [0.25, 0.3) is 0 Å². The van der Waals surface area contributed by atoms with Crippen molar-refractivity contribution in [1.29, 1.82) is 0 Å². The van der Waals surface area contributed by atoms with E-state index in [9.17, 15) is 23.1 Å². The monoisotopic (exact) mass is 447 g/mol. The fraction of sp³-hybridized carbons (Fsp3) is 0.500. The van der Waals surface area contributed by atoms with Crippen LogP contribution < -0.4 is 0 Å². The first kappa shape index (κ1) is 24.3. The van der Waals surface area contributed by atoms with E-state index in [0.717, 1.165) is 61.3 Å². The highest BCUT2D eigenvalue weighted by Gasteiger charge is 2.30. The first-order chi connectivity index (χ1) is 15.1. The molecule has 2 aromatic rings. The molecule has 2 aromatic carbocycles. The highest BCUT2D eigenvalue weighted by atomic mass is 19.4. The Kier molecular flexibility index (Phi) is 7.65. The minimum absolute atomic E-state index is 0.208. The molecule has 0 saturated carbocycles. The second-order valence-electron chi connectivity index (χ2n) is 9.22. The molecule has 1 saturated heterocycles. The molecule has 1 fully saturated rings. The number of carbonyl (C=O) groups is 1. The van der Waals surface area contributed by atoms with Gasteiger partial charge in [0.05, 0.1) is 11.5 Å². The summed E-state index contributed by atoms with van der Waals surface area (Å²) in [5.41, 5.74) is 2.55. The molecule has 1 N–H and O–H groups in total. The van der Waals surface area contributed by atoms with Gasteiger partial charge >= 0.3 is 12.1 Å². The first-order valence-electron chi connectivity index (χ1n) is 11.4. The van der Waals surface area contributed by atoms with Crippen molar-refractivity contribution in [2.75, 3.05) is 19.6 Å². The Morgan fingerprint density at radius 2 is 1.81 bits per heavy atom. The molecule has 1 aliphatic rings. The van der Waals surface area contributed by atoms with Gasteiger partial charge in [0.2, 0.25) is 0 Å². The van der Waals surface area contributed by atoms with Crippen LogP contribution in [0.25, 0.3) is 11.1 Å². The van der Waals surface area contributed by atoms with Crippen molar-refractivity contribution < 1.29 is 23.1 Å². The Balaban J connectivity index is 2.06. The van der Waals surface area contributed by atoms with Crippen LogP contribution >= 0.6 is 0 Å². The van der Waals surface area contributed by atoms with Crippen LogP contribution in [0.15, 0.2) is 42.5 Å². The summed E-state index contributed by atoms with van der Waals surface area (Å²) in [4.78, 5) is 14.5. The van der Waals surface area contributed by atoms with Gasteiger partial charge in [-0.2, -0.15) is 13.2 Å². The van der Waals surface area contributed by atoms with Crippen molar-refractivity contribution >= 4 is 5.97 Å². The predicted octanol–water partition coefficient (Wildman–Crippen LogP) is 6.79. The number of aliphatic carboxylic acids is 1. The third-order valence-electron chi connectivity index (χ3n) is 6.35. The summed E-state index contributed by atoms with van der Waals surface area (Å²) in [7, 11) is 0. The van der Waals surface area contributed by atoms with Crippen molar-refractivity contribution in [2.45, 2.75) is 58.0 Å². The molecule has 2 unspecified atom stereocenters. The third-order valence-corrected chi connectivity index (χ3v) is 6.35. The lowest BCUT2D eigenvalue weighted by molar-refractivity contribution is -0.139. The van der Waals surface area contributed by atoms with Gasteiger partial charge in [0.1, 0.15) is 0 Å². The number of nitrogens with zero attached hydrogens (tertiary/aromatic N) is 1. The van der Waals surface area contributed by atoms with E-state index in [-0.39, 0.29) is 11.8 Å². The zero-order valence-electron chi connectivity index (χ0n) is 19.0. The number of alkyl halides is 3. The number of likely N-dealkylation sites (N-methyl/N-ethyl adjacent to an activating group) is 1. The molecule has 0 aliphatic carbocycles. The summed E-state index contributed by atoms with van der Waals surface area (Å²) in [6, 6.07) is 11.0. The maximum atomic E-state index is 13.0. The summed E-state index contributed by atoms with van der Waals surface area (Å²) in [6.45, 7) is 9.06. The van der Waals surface area contributed by atoms with E-state index in [0.29, 0.717) is 12.0 Å². The Bertz CT molecular complexity index is 922. The molecule has 0 radical (unpaired) electrons. The molecule has 174 valence electrons. The van der Waals surface area contributed by atoms with Crippen LogP contribution in [0.2, 0.25) is 0 Å². The molecule has 0 bridgehead atoms. The van der Waals surface area contributed by atoms with Gasteiger partial charge in [0.15, 0.2) is 0 Å². The van der Waals surface area contributed by atoms with Crippen molar-refractivity contribution in [3.8, 4) is 11.1 Å². The Morgan fingerprint density at radius 3 is 2.38 bits per heavy atom. The standard InChI is InChI=1S/C26H32F3NO2/c1-4-30-11-5-6-19(16-30)21-13-20(18-7-9-23(10-8-18)26(27,28)29)14-22(15-21)24(25(31)32)12-17(2)3/h7-10,13-15,17,19,24H,4-6,11-12,16H2,1-3H3,(H,31,32). The molecule has 3 rings (SSSR count). The number of benzene rings is 2. The molecule has 32 heavy (non-hydrogen) atoms. The second kappa shape index (κ2) is 10.1. The van der Waals surface area contributed by atoms with Gasteiger partial charge in [-0.15, -0.1) is 0 Å². The van der Waals surface area contributed by atoms with Crippen molar-refractivity contribution in [1.82, 2.24) is 4.90 Å². The molecule has 1 heterocycles. The van der Waals surface area contributed by atoms with E-state index in [2.05, 4.69) is 11.8 Å². The first-order valence-corrected chi connectivity index (χ1v) is 11.4. The molecular weight excluding hydrogens is 415 g/mol. The van der Waals surface area contributed by atoms with Crippen LogP contribution in [0.4, 0.5) is 13.2 Å².